The Labute approximate surface area is 126 Å². The van der Waals surface area contributed by atoms with Crippen LogP contribution in [0.5, 0.6) is 0 Å². The van der Waals surface area contributed by atoms with Crippen LogP contribution in [0.2, 0.25) is 0 Å². The molecule has 1 aliphatic rings. The Bertz CT molecular complexity index is 595. The lowest BCUT2D eigenvalue weighted by molar-refractivity contribution is 0.317. The highest BCUT2D eigenvalue weighted by molar-refractivity contribution is 14.1. The highest BCUT2D eigenvalue weighted by Crippen LogP contribution is 2.19. The minimum Gasteiger partial charge on any atom is -0.475 e. The maximum absolute atomic E-state index is 5.75. The van der Waals surface area contributed by atoms with E-state index < -0.39 is 0 Å². The zero-order valence-corrected chi connectivity index (χ0v) is 12.6. The van der Waals surface area contributed by atoms with Crippen molar-refractivity contribution in [2.45, 2.75) is 12.5 Å². The summed E-state index contributed by atoms with van der Waals surface area (Å²) < 4.78 is 6.93. The Kier molecular flexibility index (Phi) is 3.82. The number of rotatable bonds is 3. The summed E-state index contributed by atoms with van der Waals surface area (Å²) >= 11 is 2.32. The highest BCUT2D eigenvalue weighted by Gasteiger charge is 2.21. The summed E-state index contributed by atoms with van der Waals surface area (Å²) in [5.74, 6) is 0.783. The summed E-state index contributed by atoms with van der Waals surface area (Å²) in [5, 5.41) is 0. The lowest BCUT2D eigenvalue weighted by Gasteiger charge is -2.04. The first-order valence-corrected chi connectivity index (χ1v) is 7.40. The van der Waals surface area contributed by atoms with Crippen LogP contribution in [0.4, 0.5) is 0 Å². The van der Waals surface area contributed by atoms with Crippen LogP contribution in [0, 0.1) is 3.57 Å². The van der Waals surface area contributed by atoms with Gasteiger partial charge in [-0.1, -0.05) is 42.5 Å². The van der Waals surface area contributed by atoms with E-state index >= 15 is 0 Å². The zero-order chi connectivity index (χ0) is 13.1. The van der Waals surface area contributed by atoms with Gasteiger partial charge < -0.3 is 4.74 Å². The van der Waals surface area contributed by atoms with Gasteiger partial charge >= 0.3 is 0 Å². The second-order valence-electron chi connectivity index (χ2n) is 4.57. The first kappa shape index (κ1) is 12.7. The fourth-order valence-corrected chi connectivity index (χ4v) is 2.81. The lowest BCUT2D eigenvalue weighted by Crippen LogP contribution is -2.09. The van der Waals surface area contributed by atoms with Gasteiger partial charge in [0.1, 0.15) is 6.61 Å². The van der Waals surface area contributed by atoms with Crippen molar-refractivity contribution in [3.63, 3.8) is 0 Å². The van der Waals surface area contributed by atoms with Gasteiger partial charge in [0, 0.05) is 9.13 Å². The first-order chi connectivity index (χ1) is 9.33. The number of nitrogens with zero attached hydrogens (tertiary/aromatic N) is 1. The molecule has 2 aromatic rings. The van der Waals surface area contributed by atoms with Crippen LogP contribution in [-0.2, 0) is 11.2 Å². The predicted octanol–water partition coefficient (Wildman–Crippen LogP) is 3.68. The number of aliphatic imine (C=N–C) groups is 1. The van der Waals surface area contributed by atoms with Gasteiger partial charge in [0.2, 0.25) is 5.90 Å². The summed E-state index contributed by atoms with van der Waals surface area (Å²) in [6.45, 7) is 0.676. The molecule has 3 heteroatoms. The molecule has 0 spiro atoms. The highest BCUT2D eigenvalue weighted by atomic mass is 127. The van der Waals surface area contributed by atoms with Crippen LogP contribution in [0.25, 0.3) is 0 Å². The number of ether oxygens (including phenoxy) is 1. The minimum absolute atomic E-state index is 0.230. The fourth-order valence-electron chi connectivity index (χ4n) is 2.19. The molecule has 1 atom stereocenters. The van der Waals surface area contributed by atoms with Crippen molar-refractivity contribution in [1.82, 2.24) is 0 Å². The SMILES string of the molecule is Ic1ccccc1C1=NC(Cc2ccccc2)CO1. The van der Waals surface area contributed by atoms with E-state index in [4.69, 9.17) is 9.73 Å². The molecule has 2 aromatic carbocycles. The molecule has 0 aromatic heterocycles. The van der Waals surface area contributed by atoms with Gasteiger partial charge in [-0.15, -0.1) is 0 Å². The van der Waals surface area contributed by atoms with E-state index in [9.17, 15) is 0 Å². The molecule has 0 radical (unpaired) electrons. The average molecular weight is 363 g/mol. The van der Waals surface area contributed by atoms with Crippen LogP contribution in [0.15, 0.2) is 59.6 Å². The van der Waals surface area contributed by atoms with E-state index in [1.54, 1.807) is 0 Å². The largest absolute Gasteiger partial charge is 0.475 e. The van der Waals surface area contributed by atoms with Crippen molar-refractivity contribution in [3.8, 4) is 0 Å². The molecule has 0 saturated heterocycles. The second kappa shape index (κ2) is 5.74. The van der Waals surface area contributed by atoms with Crippen molar-refractivity contribution >= 4 is 28.5 Å². The van der Waals surface area contributed by atoms with E-state index in [0.717, 1.165) is 17.9 Å². The molecule has 1 aliphatic heterocycles. The molecule has 3 rings (SSSR count). The Hall–Kier alpha value is -1.36. The zero-order valence-electron chi connectivity index (χ0n) is 10.4. The summed E-state index contributed by atoms with van der Waals surface area (Å²) in [4.78, 5) is 4.70. The monoisotopic (exact) mass is 363 g/mol. The number of hydrogen-bond acceptors (Lipinski definition) is 2. The molecule has 96 valence electrons. The third-order valence-electron chi connectivity index (χ3n) is 3.13. The number of halogens is 1. The van der Waals surface area contributed by atoms with Crippen LogP contribution in [0.1, 0.15) is 11.1 Å². The topological polar surface area (TPSA) is 21.6 Å². The summed E-state index contributed by atoms with van der Waals surface area (Å²) in [6, 6.07) is 18.9. The van der Waals surface area contributed by atoms with Gasteiger partial charge in [-0.2, -0.15) is 0 Å². The molecule has 0 saturated carbocycles. The first-order valence-electron chi connectivity index (χ1n) is 6.32. The lowest BCUT2D eigenvalue weighted by atomic mass is 10.1. The van der Waals surface area contributed by atoms with Crippen LogP contribution in [-0.4, -0.2) is 18.5 Å². The van der Waals surface area contributed by atoms with Crippen molar-refractivity contribution in [3.05, 3.63) is 69.3 Å². The van der Waals surface area contributed by atoms with Crippen LogP contribution < -0.4 is 0 Å². The fraction of sp³-hybridized carbons (Fsp3) is 0.188. The summed E-state index contributed by atoms with van der Waals surface area (Å²) in [5.41, 5.74) is 2.41. The Morgan fingerprint density at radius 3 is 2.58 bits per heavy atom. The van der Waals surface area contributed by atoms with Crippen molar-refractivity contribution in [1.29, 1.82) is 0 Å². The van der Waals surface area contributed by atoms with Crippen molar-refractivity contribution in [2.75, 3.05) is 6.61 Å². The second-order valence-corrected chi connectivity index (χ2v) is 5.73. The van der Waals surface area contributed by atoms with Crippen molar-refractivity contribution in [2.24, 2.45) is 4.99 Å². The van der Waals surface area contributed by atoms with Crippen LogP contribution >= 0.6 is 22.6 Å². The van der Waals surface area contributed by atoms with Crippen molar-refractivity contribution < 1.29 is 4.74 Å². The molecule has 0 N–H and O–H groups in total. The number of benzene rings is 2. The molecule has 0 aliphatic carbocycles. The van der Waals surface area contributed by atoms with Gasteiger partial charge in [-0.25, -0.2) is 4.99 Å². The molecular formula is C16H14INO. The molecule has 0 amide bonds. The molecule has 0 fully saturated rings. The van der Waals surface area contributed by atoms with Crippen LogP contribution in [0.3, 0.4) is 0 Å². The molecular weight excluding hydrogens is 349 g/mol. The van der Waals surface area contributed by atoms with Gasteiger partial charge in [0.15, 0.2) is 0 Å². The normalized spacial score (nSPS) is 17.9. The smallest absolute Gasteiger partial charge is 0.217 e. The summed E-state index contributed by atoms with van der Waals surface area (Å²) in [7, 11) is 0. The maximum atomic E-state index is 5.75. The molecule has 1 unspecified atom stereocenters. The number of hydrogen-bond donors (Lipinski definition) is 0. The minimum atomic E-state index is 0.230. The third kappa shape index (κ3) is 2.97. The standard InChI is InChI=1S/C16H14INO/c17-15-9-5-4-8-14(15)16-18-13(11-19-16)10-12-6-2-1-3-7-12/h1-9,13H,10-11H2. The van der Waals surface area contributed by atoms with Gasteiger partial charge in [-0.3, -0.25) is 0 Å². The van der Waals surface area contributed by atoms with E-state index in [0.29, 0.717) is 6.61 Å². The van der Waals surface area contributed by atoms with E-state index in [2.05, 4.69) is 59.0 Å². The van der Waals surface area contributed by atoms with Gasteiger partial charge in [0.05, 0.1) is 6.04 Å². The predicted molar refractivity (Wildman–Crippen MR) is 85.6 cm³/mol. The summed E-state index contributed by atoms with van der Waals surface area (Å²) in [6.07, 6.45) is 0.938. The Balaban J connectivity index is 1.77. The average Bonchev–Trinajstić information content (AvgIpc) is 2.89. The Morgan fingerprint density at radius 2 is 1.79 bits per heavy atom. The molecule has 1 heterocycles. The van der Waals surface area contributed by atoms with E-state index in [1.807, 2.05) is 18.2 Å². The molecule has 19 heavy (non-hydrogen) atoms. The maximum Gasteiger partial charge on any atom is 0.217 e. The van der Waals surface area contributed by atoms with Gasteiger partial charge in [0.25, 0.3) is 0 Å². The van der Waals surface area contributed by atoms with E-state index in [1.165, 1.54) is 9.13 Å². The van der Waals surface area contributed by atoms with E-state index in [-0.39, 0.29) is 6.04 Å². The quantitative estimate of drug-likeness (QED) is 0.763. The molecule has 2 nitrogen and oxygen atoms in total. The molecule has 0 bridgehead atoms. The van der Waals surface area contributed by atoms with Gasteiger partial charge in [-0.05, 0) is 46.7 Å². The Morgan fingerprint density at radius 1 is 1.05 bits per heavy atom. The third-order valence-corrected chi connectivity index (χ3v) is 4.07.